The van der Waals surface area contributed by atoms with Gasteiger partial charge in [-0.3, -0.25) is 4.79 Å². The topological polar surface area (TPSA) is 49.8 Å². The number of fused-ring (bicyclic) bond motifs is 2. The number of piperidine rings is 1. The van der Waals surface area contributed by atoms with Gasteiger partial charge in [-0.2, -0.15) is 0 Å². The van der Waals surface area contributed by atoms with Gasteiger partial charge in [0.1, 0.15) is 5.75 Å². The Kier molecular flexibility index (Phi) is 6.63. The fourth-order valence-electron chi connectivity index (χ4n) is 4.38. The first-order valence-corrected chi connectivity index (χ1v) is 9.89. The number of rotatable bonds is 6. The molecule has 0 unspecified atom stereocenters. The molecule has 0 saturated carbocycles. The molecule has 1 spiro atoms. The summed E-state index contributed by atoms with van der Waals surface area (Å²) in [7, 11) is 0. The Morgan fingerprint density at radius 3 is 2.46 bits per heavy atom. The summed E-state index contributed by atoms with van der Waals surface area (Å²) in [6.07, 6.45) is 4.39. The lowest BCUT2D eigenvalue weighted by Gasteiger charge is -2.38. The van der Waals surface area contributed by atoms with Crippen LogP contribution in [-0.2, 0) is 23.1 Å². The van der Waals surface area contributed by atoms with Gasteiger partial charge in [-0.1, -0.05) is 42.5 Å². The zero-order valence-electron chi connectivity index (χ0n) is 16.1. The Balaban J connectivity index is 0.00000225. The van der Waals surface area contributed by atoms with Crippen LogP contribution in [0.3, 0.4) is 0 Å². The maximum Gasteiger partial charge on any atom is 0.304 e. The van der Waals surface area contributed by atoms with Crippen LogP contribution in [0.1, 0.15) is 36.0 Å². The summed E-state index contributed by atoms with van der Waals surface area (Å²) >= 11 is 0. The largest absolute Gasteiger partial charge is 0.492 e. The molecule has 0 bridgehead atoms. The van der Waals surface area contributed by atoms with Crippen molar-refractivity contribution in [2.45, 2.75) is 37.5 Å². The van der Waals surface area contributed by atoms with Crippen LogP contribution in [0.25, 0.3) is 0 Å². The minimum absolute atomic E-state index is 0. The van der Waals surface area contributed by atoms with E-state index in [1.165, 1.54) is 16.7 Å². The fraction of sp³-hybridized carbons (Fsp3) is 0.435. The van der Waals surface area contributed by atoms with E-state index in [0.717, 1.165) is 51.1 Å². The fourth-order valence-corrected chi connectivity index (χ4v) is 4.38. The van der Waals surface area contributed by atoms with Crippen molar-refractivity contribution in [2.24, 2.45) is 0 Å². The van der Waals surface area contributed by atoms with Crippen LogP contribution in [0.15, 0.2) is 48.5 Å². The average molecular weight is 402 g/mol. The summed E-state index contributed by atoms with van der Waals surface area (Å²) in [6, 6.07) is 17.4. The number of nitrogens with zero attached hydrogens (tertiary/aromatic N) is 1. The summed E-state index contributed by atoms with van der Waals surface area (Å²) < 4.78 is 6.11. The van der Waals surface area contributed by atoms with Gasteiger partial charge in [0.25, 0.3) is 0 Å². The smallest absolute Gasteiger partial charge is 0.304 e. The number of aryl methyl sites for hydroxylation is 2. The molecule has 0 aromatic heterocycles. The highest BCUT2D eigenvalue weighted by atomic mass is 35.5. The van der Waals surface area contributed by atoms with Crippen LogP contribution in [0.4, 0.5) is 0 Å². The molecule has 5 heteroatoms. The zero-order valence-corrected chi connectivity index (χ0v) is 16.9. The van der Waals surface area contributed by atoms with Crippen molar-refractivity contribution >= 4 is 18.4 Å². The lowest BCUT2D eigenvalue weighted by molar-refractivity contribution is -0.137. The van der Waals surface area contributed by atoms with Crippen LogP contribution in [-0.4, -0.2) is 42.2 Å². The molecule has 1 fully saturated rings. The second-order valence-corrected chi connectivity index (χ2v) is 7.87. The van der Waals surface area contributed by atoms with E-state index in [0.29, 0.717) is 6.54 Å². The molecular formula is C23H28ClNO3. The molecular weight excluding hydrogens is 374 g/mol. The summed E-state index contributed by atoms with van der Waals surface area (Å²) in [5.74, 6) is 0.340. The third kappa shape index (κ3) is 4.50. The molecule has 150 valence electrons. The van der Waals surface area contributed by atoms with E-state index in [1.807, 2.05) is 0 Å². The molecule has 1 saturated heterocycles. The van der Waals surface area contributed by atoms with Gasteiger partial charge in [0, 0.05) is 17.5 Å². The molecule has 1 N–H and O–H groups in total. The van der Waals surface area contributed by atoms with Crippen molar-refractivity contribution in [1.29, 1.82) is 0 Å². The Morgan fingerprint density at radius 1 is 1.04 bits per heavy atom. The van der Waals surface area contributed by atoms with Crippen molar-refractivity contribution in [1.82, 2.24) is 4.90 Å². The van der Waals surface area contributed by atoms with E-state index in [4.69, 9.17) is 9.84 Å². The second kappa shape index (κ2) is 8.97. The number of hydrogen-bond donors (Lipinski definition) is 1. The predicted molar refractivity (Wildman–Crippen MR) is 113 cm³/mol. The van der Waals surface area contributed by atoms with Gasteiger partial charge in [-0.25, -0.2) is 0 Å². The van der Waals surface area contributed by atoms with Crippen LogP contribution in [0.5, 0.6) is 5.75 Å². The van der Waals surface area contributed by atoms with Crippen LogP contribution in [0.2, 0.25) is 0 Å². The normalized spacial score (nSPS) is 17.6. The first-order valence-electron chi connectivity index (χ1n) is 9.89. The zero-order chi connectivity index (χ0) is 18.7. The Bertz CT molecular complexity index is 801. The predicted octanol–water partition coefficient (Wildman–Crippen LogP) is 4.09. The number of benzene rings is 2. The highest BCUT2D eigenvalue weighted by Crippen LogP contribution is 2.45. The van der Waals surface area contributed by atoms with Gasteiger partial charge in [-0.05, 0) is 56.0 Å². The van der Waals surface area contributed by atoms with E-state index < -0.39 is 5.97 Å². The van der Waals surface area contributed by atoms with E-state index in [2.05, 4.69) is 53.4 Å². The lowest BCUT2D eigenvalue weighted by atomic mass is 9.74. The van der Waals surface area contributed by atoms with Crippen LogP contribution < -0.4 is 4.74 Å². The average Bonchev–Trinajstić information content (AvgIpc) is 3.04. The second-order valence-electron chi connectivity index (χ2n) is 7.87. The molecule has 2 heterocycles. The molecule has 2 aliphatic heterocycles. The quantitative estimate of drug-likeness (QED) is 0.791. The van der Waals surface area contributed by atoms with Gasteiger partial charge >= 0.3 is 5.97 Å². The highest BCUT2D eigenvalue weighted by Gasteiger charge is 2.42. The minimum Gasteiger partial charge on any atom is -0.492 e. The van der Waals surface area contributed by atoms with E-state index in [9.17, 15) is 4.79 Å². The van der Waals surface area contributed by atoms with Crippen molar-refractivity contribution < 1.29 is 14.6 Å². The molecule has 0 aliphatic carbocycles. The van der Waals surface area contributed by atoms with Crippen LogP contribution in [0, 0.1) is 0 Å². The Morgan fingerprint density at radius 2 is 1.75 bits per heavy atom. The van der Waals surface area contributed by atoms with Crippen molar-refractivity contribution in [2.75, 3.05) is 26.2 Å². The molecule has 2 aliphatic rings. The van der Waals surface area contributed by atoms with Gasteiger partial charge in [0.05, 0.1) is 13.0 Å². The summed E-state index contributed by atoms with van der Waals surface area (Å²) in [5, 5.41) is 8.88. The summed E-state index contributed by atoms with van der Waals surface area (Å²) in [6.45, 7) is 3.31. The molecule has 2 aromatic carbocycles. The third-order valence-corrected chi connectivity index (χ3v) is 6.12. The van der Waals surface area contributed by atoms with E-state index >= 15 is 0 Å². The monoisotopic (exact) mass is 401 g/mol. The first kappa shape index (κ1) is 20.7. The summed E-state index contributed by atoms with van der Waals surface area (Å²) in [5.41, 5.74) is 4.16. The van der Waals surface area contributed by atoms with Gasteiger partial charge in [0.2, 0.25) is 0 Å². The van der Waals surface area contributed by atoms with Gasteiger partial charge in [0.15, 0.2) is 0 Å². The Labute approximate surface area is 172 Å². The number of likely N-dealkylation sites (tertiary alicyclic amines) is 1. The van der Waals surface area contributed by atoms with E-state index in [-0.39, 0.29) is 24.2 Å². The molecule has 2 aromatic rings. The summed E-state index contributed by atoms with van der Waals surface area (Å²) in [4.78, 5) is 13.1. The molecule has 0 radical (unpaired) electrons. The minimum atomic E-state index is -0.715. The van der Waals surface area contributed by atoms with Crippen molar-refractivity contribution in [3.63, 3.8) is 0 Å². The maximum atomic E-state index is 10.8. The van der Waals surface area contributed by atoms with Gasteiger partial charge < -0.3 is 14.7 Å². The van der Waals surface area contributed by atoms with Crippen LogP contribution >= 0.6 is 12.4 Å². The maximum absolute atomic E-state index is 10.8. The van der Waals surface area contributed by atoms with Gasteiger partial charge in [-0.15, -0.1) is 12.4 Å². The number of aliphatic carboxylic acids is 1. The van der Waals surface area contributed by atoms with E-state index in [1.54, 1.807) is 0 Å². The number of carboxylic acid groups (broad SMARTS) is 1. The lowest BCUT2D eigenvalue weighted by Crippen LogP contribution is -2.44. The standard InChI is InChI=1S/C23H27NO3.ClH/c25-22(26)10-13-24-14-11-23(12-15-24)17-27-21-16-19(8-9-20(21)23)7-6-18-4-2-1-3-5-18;/h1-5,8-9,16H,6-7,10-15,17H2,(H,25,26);1H. The molecule has 4 rings (SSSR count). The van der Waals surface area contributed by atoms with Crippen molar-refractivity contribution in [3.8, 4) is 5.75 Å². The molecule has 28 heavy (non-hydrogen) atoms. The molecule has 0 atom stereocenters. The number of hydrogen-bond acceptors (Lipinski definition) is 3. The Hall–Kier alpha value is -2.04. The highest BCUT2D eigenvalue weighted by molar-refractivity contribution is 5.85. The molecule has 4 nitrogen and oxygen atoms in total. The number of ether oxygens (including phenoxy) is 1. The number of carboxylic acids is 1. The SMILES string of the molecule is Cl.O=C(O)CCN1CCC2(CC1)COc1cc(CCc3ccccc3)ccc12. The van der Waals surface area contributed by atoms with Crippen molar-refractivity contribution in [3.05, 3.63) is 65.2 Å². The first-order chi connectivity index (χ1) is 13.1. The number of halogens is 1. The third-order valence-electron chi connectivity index (χ3n) is 6.12. The number of carbonyl (C=O) groups is 1. The molecule has 0 amide bonds.